The summed E-state index contributed by atoms with van der Waals surface area (Å²) in [5, 5.41) is 3.28. The molecule has 138 valence electrons. The van der Waals surface area contributed by atoms with Crippen LogP contribution in [-0.4, -0.2) is 12.5 Å². The van der Waals surface area contributed by atoms with Crippen molar-refractivity contribution in [2.45, 2.75) is 40.5 Å². The molecule has 0 saturated carbocycles. The SMILES string of the molecule is Cc1cc(C)c(C)c(/C=C(/NCC(C)c2ccccc2)C(=O)NN)c1C. The average molecular weight is 351 g/mol. The summed E-state index contributed by atoms with van der Waals surface area (Å²) in [5.74, 6) is 5.35. The number of hydrogen-bond donors (Lipinski definition) is 3. The Labute approximate surface area is 156 Å². The van der Waals surface area contributed by atoms with E-state index in [0.29, 0.717) is 12.2 Å². The van der Waals surface area contributed by atoms with Crippen LogP contribution in [-0.2, 0) is 4.79 Å². The van der Waals surface area contributed by atoms with Gasteiger partial charge in [0.1, 0.15) is 5.70 Å². The molecule has 4 heteroatoms. The van der Waals surface area contributed by atoms with E-state index in [2.05, 4.69) is 63.6 Å². The fourth-order valence-corrected chi connectivity index (χ4v) is 3.05. The molecule has 26 heavy (non-hydrogen) atoms. The van der Waals surface area contributed by atoms with Crippen LogP contribution in [0, 0.1) is 27.7 Å². The van der Waals surface area contributed by atoms with Gasteiger partial charge < -0.3 is 5.32 Å². The Kier molecular flexibility index (Phi) is 6.58. The second-order valence-corrected chi connectivity index (χ2v) is 6.90. The van der Waals surface area contributed by atoms with E-state index in [1.54, 1.807) is 0 Å². The second-order valence-electron chi connectivity index (χ2n) is 6.90. The lowest BCUT2D eigenvalue weighted by atomic mass is 9.93. The normalized spacial score (nSPS) is 12.6. The molecule has 2 aromatic rings. The van der Waals surface area contributed by atoms with Crippen molar-refractivity contribution in [3.05, 3.63) is 75.5 Å². The highest BCUT2D eigenvalue weighted by Gasteiger charge is 2.14. The molecule has 1 unspecified atom stereocenters. The van der Waals surface area contributed by atoms with Gasteiger partial charge in [-0.2, -0.15) is 0 Å². The van der Waals surface area contributed by atoms with Gasteiger partial charge in [-0.05, 0) is 73.1 Å². The Bertz CT molecular complexity index is 784. The van der Waals surface area contributed by atoms with Crippen molar-refractivity contribution in [3.63, 3.8) is 0 Å². The third kappa shape index (κ3) is 4.52. The number of nitrogens with one attached hydrogen (secondary N) is 2. The smallest absolute Gasteiger partial charge is 0.281 e. The first-order chi connectivity index (χ1) is 12.3. The molecule has 0 bridgehead atoms. The molecule has 0 saturated heterocycles. The largest absolute Gasteiger partial charge is 0.380 e. The zero-order chi connectivity index (χ0) is 19.3. The van der Waals surface area contributed by atoms with E-state index in [1.165, 1.54) is 27.8 Å². The molecule has 1 atom stereocenters. The van der Waals surface area contributed by atoms with Crippen LogP contribution in [0.2, 0.25) is 0 Å². The molecular weight excluding hydrogens is 322 g/mol. The highest BCUT2D eigenvalue weighted by molar-refractivity contribution is 5.97. The van der Waals surface area contributed by atoms with E-state index in [4.69, 9.17) is 5.84 Å². The van der Waals surface area contributed by atoms with Crippen molar-refractivity contribution in [3.8, 4) is 0 Å². The maximum absolute atomic E-state index is 12.3. The maximum atomic E-state index is 12.3. The Balaban J connectivity index is 2.31. The molecule has 0 radical (unpaired) electrons. The summed E-state index contributed by atoms with van der Waals surface area (Å²) in [6, 6.07) is 12.4. The zero-order valence-electron chi connectivity index (χ0n) is 16.3. The zero-order valence-corrected chi connectivity index (χ0v) is 16.3. The van der Waals surface area contributed by atoms with Gasteiger partial charge in [0.25, 0.3) is 5.91 Å². The first-order valence-electron chi connectivity index (χ1n) is 8.94. The maximum Gasteiger partial charge on any atom is 0.281 e. The summed E-state index contributed by atoms with van der Waals surface area (Å²) in [7, 11) is 0. The number of rotatable bonds is 6. The van der Waals surface area contributed by atoms with Crippen molar-refractivity contribution in [2.24, 2.45) is 5.84 Å². The second kappa shape index (κ2) is 8.68. The quantitative estimate of drug-likeness (QED) is 0.322. The number of hydrazine groups is 1. The van der Waals surface area contributed by atoms with Gasteiger partial charge in [0, 0.05) is 6.54 Å². The summed E-state index contributed by atoms with van der Waals surface area (Å²) in [6.45, 7) is 11.1. The number of carbonyl (C=O) groups excluding carboxylic acids is 1. The summed E-state index contributed by atoms with van der Waals surface area (Å²) in [5.41, 5.74) is 9.80. The first kappa shape index (κ1) is 19.7. The molecule has 0 heterocycles. The summed E-state index contributed by atoms with van der Waals surface area (Å²) in [4.78, 5) is 12.3. The Hall–Kier alpha value is -2.59. The van der Waals surface area contributed by atoms with Gasteiger partial charge in [-0.3, -0.25) is 10.2 Å². The molecule has 0 spiro atoms. The van der Waals surface area contributed by atoms with E-state index in [9.17, 15) is 4.79 Å². The van der Waals surface area contributed by atoms with Crippen molar-refractivity contribution in [2.75, 3.05) is 6.54 Å². The molecule has 0 aromatic heterocycles. The summed E-state index contributed by atoms with van der Waals surface area (Å²) >= 11 is 0. The minimum absolute atomic E-state index is 0.270. The predicted molar refractivity (Wildman–Crippen MR) is 109 cm³/mol. The molecule has 0 fully saturated rings. The van der Waals surface area contributed by atoms with Gasteiger partial charge in [-0.1, -0.05) is 43.3 Å². The highest BCUT2D eigenvalue weighted by atomic mass is 16.2. The summed E-state index contributed by atoms with van der Waals surface area (Å²) < 4.78 is 0. The van der Waals surface area contributed by atoms with E-state index < -0.39 is 0 Å². The molecule has 2 aromatic carbocycles. The number of carbonyl (C=O) groups is 1. The molecule has 0 aliphatic heterocycles. The highest BCUT2D eigenvalue weighted by Crippen LogP contribution is 2.24. The number of nitrogens with two attached hydrogens (primary N) is 1. The van der Waals surface area contributed by atoms with Crippen LogP contribution in [0.5, 0.6) is 0 Å². The topological polar surface area (TPSA) is 67.2 Å². The van der Waals surface area contributed by atoms with Crippen LogP contribution in [0.4, 0.5) is 0 Å². The molecular formula is C22H29N3O. The standard InChI is InChI=1S/C22H29N3O/c1-14-11-15(2)18(5)20(17(14)4)12-21(22(26)25-23)24-13-16(3)19-9-7-6-8-10-19/h6-12,16,24H,13,23H2,1-5H3,(H,25,26)/b21-12+. The molecule has 1 amide bonds. The Morgan fingerprint density at radius 2 is 1.65 bits per heavy atom. The van der Waals surface area contributed by atoms with Crippen molar-refractivity contribution in [1.82, 2.24) is 10.7 Å². The van der Waals surface area contributed by atoms with Crippen LogP contribution in [0.3, 0.4) is 0 Å². The van der Waals surface area contributed by atoms with Gasteiger partial charge in [0.2, 0.25) is 0 Å². The number of hydrogen-bond acceptors (Lipinski definition) is 3. The minimum Gasteiger partial charge on any atom is -0.380 e. The van der Waals surface area contributed by atoms with Crippen molar-refractivity contribution in [1.29, 1.82) is 0 Å². The molecule has 0 aliphatic rings. The van der Waals surface area contributed by atoms with Gasteiger partial charge in [-0.15, -0.1) is 0 Å². The van der Waals surface area contributed by atoms with Crippen LogP contribution in [0.1, 0.15) is 46.2 Å². The van der Waals surface area contributed by atoms with E-state index in [0.717, 1.165) is 5.56 Å². The molecule has 4 N–H and O–H groups in total. The monoisotopic (exact) mass is 351 g/mol. The predicted octanol–water partition coefficient (Wildman–Crippen LogP) is 3.64. The van der Waals surface area contributed by atoms with Crippen molar-refractivity contribution < 1.29 is 4.79 Å². The van der Waals surface area contributed by atoms with Crippen LogP contribution < -0.4 is 16.6 Å². The van der Waals surface area contributed by atoms with Gasteiger partial charge in [0.05, 0.1) is 0 Å². The lowest BCUT2D eigenvalue weighted by Gasteiger charge is -2.17. The minimum atomic E-state index is -0.316. The summed E-state index contributed by atoms with van der Waals surface area (Å²) in [6.07, 6.45) is 1.91. The van der Waals surface area contributed by atoms with Crippen molar-refractivity contribution >= 4 is 12.0 Å². The average Bonchev–Trinajstić information content (AvgIpc) is 2.65. The van der Waals surface area contributed by atoms with Crippen LogP contribution >= 0.6 is 0 Å². The third-order valence-corrected chi connectivity index (χ3v) is 5.06. The number of amides is 1. The van der Waals surface area contributed by atoms with Gasteiger partial charge in [0.15, 0.2) is 0 Å². The first-order valence-corrected chi connectivity index (χ1v) is 8.94. The van der Waals surface area contributed by atoms with E-state index in [1.807, 2.05) is 24.3 Å². The van der Waals surface area contributed by atoms with Crippen LogP contribution in [0.25, 0.3) is 6.08 Å². The van der Waals surface area contributed by atoms with Gasteiger partial charge >= 0.3 is 0 Å². The lowest BCUT2D eigenvalue weighted by Crippen LogP contribution is -2.37. The molecule has 4 nitrogen and oxygen atoms in total. The Morgan fingerprint density at radius 1 is 1.08 bits per heavy atom. The van der Waals surface area contributed by atoms with Crippen LogP contribution in [0.15, 0.2) is 42.1 Å². The molecule has 0 aliphatic carbocycles. The molecule has 2 rings (SSSR count). The number of aryl methyl sites for hydroxylation is 2. The Morgan fingerprint density at radius 3 is 2.19 bits per heavy atom. The number of benzene rings is 2. The van der Waals surface area contributed by atoms with E-state index in [-0.39, 0.29) is 11.8 Å². The fourth-order valence-electron chi connectivity index (χ4n) is 3.05. The van der Waals surface area contributed by atoms with E-state index >= 15 is 0 Å². The van der Waals surface area contributed by atoms with Gasteiger partial charge in [-0.25, -0.2) is 5.84 Å². The third-order valence-electron chi connectivity index (χ3n) is 5.06. The fraction of sp³-hybridized carbons (Fsp3) is 0.318. The lowest BCUT2D eigenvalue weighted by molar-refractivity contribution is -0.117.